The number of allylic oxidation sites excluding steroid dienone is 3. The zero-order chi connectivity index (χ0) is 25.1. The zero-order valence-corrected chi connectivity index (χ0v) is 22.2. The van der Waals surface area contributed by atoms with Crippen molar-refractivity contribution in [1.29, 1.82) is 0 Å². The van der Waals surface area contributed by atoms with Crippen molar-refractivity contribution in [3.63, 3.8) is 0 Å². The number of aliphatic carboxylic acids is 1. The summed E-state index contributed by atoms with van der Waals surface area (Å²) in [5.41, 5.74) is 1.53. The number of carboxylic acid groups (broad SMARTS) is 1. The smallest absolute Gasteiger partial charge is 0.310 e. The molecule has 0 unspecified atom stereocenters. The lowest BCUT2D eigenvalue weighted by Crippen LogP contribution is -2.66. The minimum Gasteiger partial charge on any atom is -0.481 e. The number of rotatable bonds is 2. The number of hydrogen-bond acceptors (Lipinski definition) is 3. The van der Waals surface area contributed by atoms with E-state index in [1.54, 1.807) is 0 Å². The van der Waals surface area contributed by atoms with Crippen LogP contribution < -0.4 is 0 Å². The molecule has 0 heterocycles. The van der Waals surface area contributed by atoms with Crippen LogP contribution in [-0.4, -0.2) is 33.5 Å². The van der Waals surface area contributed by atoms with Gasteiger partial charge in [0.05, 0.1) is 17.6 Å². The summed E-state index contributed by atoms with van der Waals surface area (Å²) < 4.78 is 0. The summed E-state index contributed by atoms with van der Waals surface area (Å²) in [5.74, 6) is 0.472. The van der Waals surface area contributed by atoms with Gasteiger partial charge in [0.15, 0.2) is 0 Å². The van der Waals surface area contributed by atoms with Crippen molar-refractivity contribution < 1.29 is 20.1 Å². The standard InChI is InChI=1S/C30H46O4/c1-17(2)18-10-13-30(25(33)34)15-14-28(6)19(23(18)30)8-9-22-27(5)16-20(31)24(32)26(3,4)21(27)11-12-29(22,28)7/h8,18,20-24,31-32H,1,9-16H2,2-7H3,(H,33,34)/t18-,20+,21-,22-,23-,24-,27-,28+,29+,30-/m0/s1. The fourth-order valence-corrected chi connectivity index (χ4v) is 10.8. The van der Waals surface area contributed by atoms with E-state index in [-0.39, 0.29) is 33.5 Å². The first-order valence-electron chi connectivity index (χ1n) is 13.6. The van der Waals surface area contributed by atoms with Gasteiger partial charge in [0, 0.05) is 5.92 Å². The molecule has 0 bridgehead atoms. The van der Waals surface area contributed by atoms with Crippen LogP contribution in [0.1, 0.15) is 92.9 Å². The monoisotopic (exact) mass is 470 g/mol. The molecule has 4 fully saturated rings. The second-order valence-electron chi connectivity index (χ2n) is 14.3. The van der Waals surface area contributed by atoms with Gasteiger partial charge in [-0.3, -0.25) is 4.79 Å². The predicted octanol–water partition coefficient (Wildman–Crippen LogP) is 5.98. The van der Waals surface area contributed by atoms with E-state index in [1.807, 2.05) is 0 Å². The van der Waals surface area contributed by atoms with Gasteiger partial charge in [-0.15, -0.1) is 0 Å². The molecule has 4 nitrogen and oxygen atoms in total. The van der Waals surface area contributed by atoms with E-state index in [0.717, 1.165) is 50.5 Å². The first kappa shape index (κ1) is 24.6. The van der Waals surface area contributed by atoms with Gasteiger partial charge in [0.2, 0.25) is 0 Å². The van der Waals surface area contributed by atoms with Crippen molar-refractivity contribution >= 4 is 5.97 Å². The van der Waals surface area contributed by atoms with Crippen LogP contribution in [0.25, 0.3) is 0 Å². The molecular weight excluding hydrogens is 424 g/mol. The molecule has 5 aliphatic carbocycles. The number of carboxylic acids is 1. The summed E-state index contributed by atoms with van der Waals surface area (Å²) in [5, 5.41) is 32.3. The Morgan fingerprint density at radius 3 is 2.29 bits per heavy atom. The Balaban J connectivity index is 1.63. The minimum absolute atomic E-state index is 0.0449. The third kappa shape index (κ3) is 2.71. The summed E-state index contributed by atoms with van der Waals surface area (Å²) >= 11 is 0. The molecule has 0 aliphatic heterocycles. The highest BCUT2D eigenvalue weighted by Crippen LogP contribution is 2.76. The van der Waals surface area contributed by atoms with E-state index >= 15 is 0 Å². The molecule has 4 heteroatoms. The molecule has 10 atom stereocenters. The summed E-state index contributed by atoms with van der Waals surface area (Å²) in [6, 6.07) is 0. The molecule has 5 rings (SSSR count). The number of aliphatic hydroxyl groups is 2. The van der Waals surface area contributed by atoms with E-state index in [2.05, 4.69) is 54.2 Å². The number of fused-ring (bicyclic) bond motifs is 7. The van der Waals surface area contributed by atoms with Gasteiger partial charge in [-0.25, -0.2) is 0 Å². The maximum atomic E-state index is 12.7. The van der Waals surface area contributed by atoms with Crippen LogP contribution in [0.2, 0.25) is 0 Å². The SMILES string of the molecule is C=C(C)[C@@H]1CC[C@]2(C(=O)O)CC[C@]3(C)C(=CC[C@H]4[C@@]5(C)C[C@@H](O)[C@H](O)C(C)(C)[C@@H]5CC[C@]43C)[C@H]12. The van der Waals surface area contributed by atoms with E-state index in [1.165, 1.54) is 5.57 Å². The van der Waals surface area contributed by atoms with Crippen LogP contribution in [0.5, 0.6) is 0 Å². The van der Waals surface area contributed by atoms with Crippen LogP contribution in [0, 0.1) is 50.7 Å². The van der Waals surface area contributed by atoms with Gasteiger partial charge in [0.25, 0.3) is 0 Å². The third-order valence-electron chi connectivity index (χ3n) is 12.8. The van der Waals surface area contributed by atoms with Crippen molar-refractivity contribution in [2.45, 2.75) is 105 Å². The minimum atomic E-state index is -0.689. The van der Waals surface area contributed by atoms with Gasteiger partial charge in [-0.05, 0) is 97.7 Å². The van der Waals surface area contributed by atoms with Crippen molar-refractivity contribution in [1.82, 2.24) is 0 Å². The molecule has 0 radical (unpaired) electrons. The van der Waals surface area contributed by atoms with E-state index in [9.17, 15) is 20.1 Å². The lowest BCUT2D eigenvalue weighted by molar-refractivity contribution is -0.230. The van der Waals surface area contributed by atoms with Crippen LogP contribution in [0.15, 0.2) is 23.8 Å². The van der Waals surface area contributed by atoms with Gasteiger partial charge < -0.3 is 15.3 Å². The highest BCUT2D eigenvalue weighted by Gasteiger charge is 2.70. The molecule has 0 amide bonds. The van der Waals surface area contributed by atoms with Crippen molar-refractivity contribution in [2.75, 3.05) is 0 Å². The van der Waals surface area contributed by atoms with Crippen LogP contribution >= 0.6 is 0 Å². The molecule has 0 saturated heterocycles. The van der Waals surface area contributed by atoms with E-state index < -0.39 is 23.6 Å². The average molecular weight is 471 g/mol. The molecule has 0 aromatic rings. The predicted molar refractivity (Wildman–Crippen MR) is 134 cm³/mol. The Bertz CT molecular complexity index is 949. The third-order valence-corrected chi connectivity index (χ3v) is 12.8. The number of carbonyl (C=O) groups is 1. The Labute approximate surface area is 205 Å². The van der Waals surface area contributed by atoms with Gasteiger partial charge in [0.1, 0.15) is 0 Å². The van der Waals surface area contributed by atoms with E-state index in [0.29, 0.717) is 18.3 Å². The van der Waals surface area contributed by atoms with E-state index in [4.69, 9.17) is 0 Å². The maximum Gasteiger partial charge on any atom is 0.310 e. The summed E-state index contributed by atoms with van der Waals surface area (Å²) in [4.78, 5) is 12.7. The fraction of sp³-hybridized carbons (Fsp3) is 0.833. The normalized spacial score (nSPS) is 53.6. The second-order valence-corrected chi connectivity index (χ2v) is 14.3. The molecule has 190 valence electrons. The second kappa shape index (κ2) is 7.22. The number of hydrogen-bond donors (Lipinski definition) is 3. The molecule has 0 spiro atoms. The zero-order valence-electron chi connectivity index (χ0n) is 22.2. The number of aliphatic hydroxyl groups excluding tert-OH is 2. The van der Waals surface area contributed by atoms with Gasteiger partial charge >= 0.3 is 5.97 Å². The highest BCUT2D eigenvalue weighted by atomic mass is 16.4. The average Bonchev–Trinajstić information content (AvgIpc) is 3.14. The first-order chi connectivity index (χ1) is 15.7. The molecule has 5 aliphatic rings. The largest absolute Gasteiger partial charge is 0.481 e. The van der Waals surface area contributed by atoms with Crippen LogP contribution in [0.4, 0.5) is 0 Å². The summed E-state index contributed by atoms with van der Waals surface area (Å²) in [6.07, 6.45) is 8.20. The Morgan fingerprint density at radius 1 is 1.00 bits per heavy atom. The molecule has 34 heavy (non-hydrogen) atoms. The summed E-state index contributed by atoms with van der Waals surface area (Å²) in [7, 11) is 0. The molecule has 0 aromatic carbocycles. The Hall–Kier alpha value is -1.13. The fourth-order valence-electron chi connectivity index (χ4n) is 10.8. The van der Waals surface area contributed by atoms with Crippen LogP contribution in [0.3, 0.4) is 0 Å². The molecular formula is C30H46O4. The van der Waals surface area contributed by atoms with Gasteiger partial charge in [-0.2, -0.15) is 0 Å². The first-order valence-corrected chi connectivity index (χ1v) is 13.6. The van der Waals surface area contributed by atoms with Gasteiger partial charge in [-0.1, -0.05) is 58.4 Å². The van der Waals surface area contributed by atoms with Crippen molar-refractivity contribution in [2.24, 2.45) is 50.7 Å². The lowest BCUT2D eigenvalue weighted by atomic mass is 9.34. The summed E-state index contributed by atoms with van der Waals surface area (Å²) in [6.45, 7) is 18.0. The Kier molecular flexibility index (Phi) is 5.21. The highest BCUT2D eigenvalue weighted by molar-refractivity contribution is 5.77. The molecule has 0 aromatic heterocycles. The topological polar surface area (TPSA) is 77.8 Å². The Morgan fingerprint density at radius 2 is 1.68 bits per heavy atom. The van der Waals surface area contributed by atoms with Crippen molar-refractivity contribution in [3.8, 4) is 0 Å². The van der Waals surface area contributed by atoms with Crippen molar-refractivity contribution in [3.05, 3.63) is 23.8 Å². The van der Waals surface area contributed by atoms with Crippen LogP contribution in [-0.2, 0) is 4.79 Å². The molecule has 3 N–H and O–H groups in total. The quantitative estimate of drug-likeness (QED) is 0.434. The lowest BCUT2D eigenvalue weighted by Gasteiger charge is -2.70. The molecule has 4 saturated carbocycles. The maximum absolute atomic E-state index is 12.7.